The monoisotopic (exact) mass is 283 g/mol. The first-order valence-corrected chi connectivity index (χ1v) is 7.60. The van der Waals surface area contributed by atoms with Crippen molar-refractivity contribution in [2.75, 3.05) is 13.1 Å². The van der Waals surface area contributed by atoms with Gasteiger partial charge in [-0.15, -0.1) is 0 Å². The lowest BCUT2D eigenvalue weighted by Gasteiger charge is -2.17. The molecule has 1 N–H and O–H groups in total. The van der Waals surface area contributed by atoms with Crippen molar-refractivity contribution in [2.45, 2.75) is 25.2 Å². The van der Waals surface area contributed by atoms with Gasteiger partial charge in [0.05, 0.1) is 10.5 Å². The van der Waals surface area contributed by atoms with Crippen molar-refractivity contribution in [1.82, 2.24) is 4.31 Å². The van der Waals surface area contributed by atoms with Crippen LogP contribution in [0, 0.1) is 12.8 Å². The standard InChI is InChI=1S/C13H17NO4S/c1-9-5-6-14(8-9)19(17,18)12-7-11(13(15)16)4-3-10(12)2/h3-4,7,9H,5-6,8H2,1-2H3,(H,15,16). The molecule has 0 bridgehead atoms. The third-order valence-corrected chi connectivity index (χ3v) is 5.45. The number of rotatable bonds is 3. The fraction of sp³-hybridized carbons (Fsp3) is 0.462. The maximum Gasteiger partial charge on any atom is 0.335 e. The molecule has 1 aliphatic rings. The van der Waals surface area contributed by atoms with Gasteiger partial charge in [0.15, 0.2) is 0 Å². The van der Waals surface area contributed by atoms with Gasteiger partial charge in [-0.05, 0) is 37.0 Å². The van der Waals surface area contributed by atoms with Crippen molar-refractivity contribution in [2.24, 2.45) is 5.92 Å². The van der Waals surface area contributed by atoms with Gasteiger partial charge in [0.2, 0.25) is 10.0 Å². The number of hydrogen-bond acceptors (Lipinski definition) is 3. The maximum absolute atomic E-state index is 12.5. The Labute approximate surface area is 112 Å². The summed E-state index contributed by atoms with van der Waals surface area (Å²) < 4.78 is 26.5. The Morgan fingerprint density at radius 1 is 1.42 bits per heavy atom. The van der Waals surface area contributed by atoms with E-state index in [1.807, 2.05) is 6.92 Å². The van der Waals surface area contributed by atoms with Gasteiger partial charge in [-0.3, -0.25) is 0 Å². The summed E-state index contributed by atoms with van der Waals surface area (Å²) in [5.74, 6) is -0.774. The number of hydrogen-bond donors (Lipinski definition) is 1. The zero-order valence-corrected chi connectivity index (χ0v) is 11.8. The molecular formula is C13H17NO4S. The van der Waals surface area contributed by atoms with Crippen molar-refractivity contribution in [1.29, 1.82) is 0 Å². The summed E-state index contributed by atoms with van der Waals surface area (Å²) in [6.45, 7) is 4.69. The van der Waals surface area contributed by atoms with Gasteiger partial charge < -0.3 is 5.11 Å². The number of aryl methyl sites for hydroxylation is 1. The first-order valence-electron chi connectivity index (χ1n) is 6.16. The fourth-order valence-corrected chi connectivity index (χ4v) is 4.09. The minimum absolute atomic E-state index is 0.00331. The van der Waals surface area contributed by atoms with Crippen molar-refractivity contribution >= 4 is 16.0 Å². The SMILES string of the molecule is Cc1ccc(C(=O)O)cc1S(=O)(=O)N1CCC(C)C1. The molecule has 1 heterocycles. The Hall–Kier alpha value is -1.40. The molecule has 0 aliphatic carbocycles. The van der Waals surface area contributed by atoms with Gasteiger partial charge in [-0.1, -0.05) is 13.0 Å². The van der Waals surface area contributed by atoms with E-state index >= 15 is 0 Å². The highest BCUT2D eigenvalue weighted by atomic mass is 32.2. The first-order chi connectivity index (χ1) is 8.82. The molecule has 5 nitrogen and oxygen atoms in total. The van der Waals surface area contributed by atoms with E-state index in [0.29, 0.717) is 24.6 Å². The van der Waals surface area contributed by atoms with Gasteiger partial charge in [0.1, 0.15) is 0 Å². The predicted octanol–water partition coefficient (Wildman–Crippen LogP) is 1.72. The molecule has 1 unspecified atom stereocenters. The van der Waals surface area contributed by atoms with Crippen molar-refractivity contribution in [3.8, 4) is 0 Å². The van der Waals surface area contributed by atoms with Crippen LogP contribution in [0.3, 0.4) is 0 Å². The van der Waals surface area contributed by atoms with Gasteiger partial charge in [0, 0.05) is 13.1 Å². The molecule has 0 saturated carbocycles. The van der Waals surface area contributed by atoms with E-state index in [2.05, 4.69) is 0 Å². The first kappa shape index (κ1) is 14.0. The average molecular weight is 283 g/mol. The van der Waals surface area contributed by atoms with Crippen molar-refractivity contribution in [3.05, 3.63) is 29.3 Å². The number of carboxylic acids is 1. The number of benzene rings is 1. The van der Waals surface area contributed by atoms with E-state index in [9.17, 15) is 13.2 Å². The van der Waals surface area contributed by atoms with E-state index in [4.69, 9.17) is 5.11 Å². The molecule has 19 heavy (non-hydrogen) atoms. The quantitative estimate of drug-likeness (QED) is 0.916. The van der Waals surface area contributed by atoms with Crippen molar-refractivity contribution in [3.63, 3.8) is 0 Å². The van der Waals surface area contributed by atoms with Crippen LogP contribution in [-0.4, -0.2) is 36.9 Å². The Bertz CT molecular complexity index is 609. The molecule has 0 amide bonds. The summed E-state index contributed by atoms with van der Waals surface area (Å²) in [7, 11) is -3.59. The van der Waals surface area contributed by atoms with Crippen LogP contribution in [0.1, 0.15) is 29.3 Å². The van der Waals surface area contributed by atoms with Crippen LogP contribution in [0.15, 0.2) is 23.1 Å². The molecule has 104 valence electrons. The fourth-order valence-electron chi connectivity index (χ4n) is 2.26. The highest BCUT2D eigenvalue weighted by Crippen LogP contribution is 2.26. The third-order valence-electron chi connectivity index (χ3n) is 3.44. The molecule has 1 fully saturated rings. The van der Waals surface area contributed by atoms with Crippen LogP contribution in [0.5, 0.6) is 0 Å². The van der Waals surface area contributed by atoms with Gasteiger partial charge in [0.25, 0.3) is 0 Å². The topological polar surface area (TPSA) is 74.7 Å². The number of sulfonamides is 1. The molecular weight excluding hydrogens is 266 g/mol. The van der Waals surface area contributed by atoms with Crippen LogP contribution >= 0.6 is 0 Å². The van der Waals surface area contributed by atoms with E-state index in [1.165, 1.54) is 22.5 Å². The summed E-state index contributed by atoms with van der Waals surface area (Å²) in [6.07, 6.45) is 0.844. The second-order valence-corrected chi connectivity index (χ2v) is 6.95. The normalized spacial score (nSPS) is 20.6. The Kier molecular flexibility index (Phi) is 3.64. The molecule has 0 radical (unpaired) electrons. The highest BCUT2D eigenvalue weighted by Gasteiger charge is 2.31. The molecule has 1 aromatic rings. The summed E-state index contributed by atoms with van der Waals surface area (Å²) in [5.41, 5.74) is 0.570. The Balaban J connectivity index is 2.45. The molecule has 1 saturated heterocycles. The number of carbonyl (C=O) groups is 1. The van der Waals surface area contributed by atoms with Crippen LogP contribution in [0.25, 0.3) is 0 Å². The summed E-state index contributed by atoms with van der Waals surface area (Å²) in [5, 5.41) is 8.96. The molecule has 1 aromatic carbocycles. The summed E-state index contributed by atoms with van der Waals surface area (Å²) in [6, 6.07) is 4.20. The predicted molar refractivity (Wildman–Crippen MR) is 70.7 cm³/mol. The van der Waals surface area contributed by atoms with E-state index in [0.717, 1.165) is 6.42 Å². The molecule has 6 heteroatoms. The van der Waals surface area contributed by atoms with Crippen molar-refractivity contribution < 1.29 is 18.3 Å². The van der Waals surface area contributed by atoms with Crippen LogP contribution in [-0.2, 0) is 10.0 Å². The second-order valence-electron chi connectivity index (χ2n) is 5.04. The number of nitrogens with zero attached hydrogens (tertiary/aromatic N) is 1. The zero-order valence-electron chi connectivity index (χ0n) is 11.0. The minimum Gasteiger partial charge on any atom is -0.478 e. The Morgan fingerprint density at radius 3 is 2.63 bits per heavy atom. The summed E-state index contributed by atoms with van der Waals surface area (Å²) >= 11 is 0. The average Bonchev–Trinajstić information content (AvgIpc) is 2.76. The molecule has 2 rings (SSSR count). The van der Waals surface area contributed by atoms with Crippen LogP contribution in [0.4, 0.5) is 0 Å². The van der Waals surface area contributed by atoms with Crippen LogP contribution < -0.4 is 0 Å². The summed E-state index contributed by atoms with van der Waals surface area (Å²) in [4.78, 5) is 11.1. The third kappa shape index (κ3) is 2.64. The highest BCUT2D eigenvalue weighted by molar-refractivity contribution is 7.89. The lowest BCUT2D eigenvalue weighted by atomic mass is 10.1. The largest absolute Gasteiger partial charge is 0.478 e. The van der Waals surface area contributed by atoms with Crippen LogP contribution in [0.2, 0.25) is 0 Å². The molecule has 1 atom stereocenters. The second kappa shape index (κ2) is 4.94. The zero-order chi connectivity index (χ0) is 14.2. The van der Waals surface area contributed by atoms with Gasteiger partial charge >= 0.3 is 5.97 Å². The molecule has 0 aromatic heterocycles. The van der Waals surface area contributed by atoms with E-state index in [1.54, 1.807) is 6.92 Å². The minimum atomic E-state index is -3.59. The molecule has 1 aliphatic heterocycles. The Morgan fingerprint density at radius 2 is 2.11 bits per heavy atom. The maximum atomic E-state index is 12.5. The van der Waals surface area contributed by atoms with Gasteiger partial charge in [-0.25, -0.2) is 13.2 Å². The lowest BCUT2D eigenvalue weighted by molar-refractivity contribution is 0.0696. The van der Waals surface area contributed by atoms with E-state index in [-0.39, 0.29) is 10.5 Å². The van der Waals surface area contributed by atoms with Gasteiger partial charge in [-0.2, -0.15) is 4.31 Å². The molecule has 0 spiro atoms. The van der Waals surface area contributed by atoms with E-state index < -0.39 is 16.0 Å². The lowest BCUT2D eigenvalue weighted by Crippen LogP contribution is -2.29. The smallest absolute Gasteiger partial charge is 0.335 e. The number of aromatic carboxylic acids is 1. The number of carboxylic acid groups (broad SMARTS) is 1.